The van der Waals surface area contributed by atoms with Gasteiger partial charge in [-0.2, -0.15) is 8.42 Å². The van der Waals surface area contributed by atoms with Crippen LogP contribution in [0, 0.1) is 6.92 Å². The van der Waals surface area contributed by atoms with E-state index in [1.165, 1.54) is 12.1 Å². The van der Waals surface area contributed by atoms with Crippen LogP contribution in [-0.4, -0.2) is 45.4 Å². The van der Waals surface area contributed by atoms with Crippen LogP contribution in [0.4, 0.5) is 0 Å². The fourth-order valence-electron chi connectivity index (χ4n) is 3.58. The molecule has 2 aromatic rings. The molecule has 0 amide bonds. The quantitative estimate of drug-likeness (QED) is 0.619. The molecule has 0 aliphatic carbocycles. The summed E-state index contributed by atoms with van der Waals surface area (Å²) >= 11 is 0. The Labute approximate surface area is 177 Å². The fraction of sp³-hybridized carbons (Fsp3) is 0.455. The van der Waals surface area contributed by atoms with Crippen molar-refractivity contribution < 1.29 is 31.5 Å². The molecule has 162 valence electrons. The maximum atomic E-state index is 12.6. The second-order valence-electron chi connectivity index (χ2n) is 7.96. The van der Waals surface area contributed by atoms with Crippen molar-refractivity contribution in [2.45, 2.75) is 62.7 Å². The lowest BCUT2D eigenvalue weighted by atomic mass is 10.1. The molecule has 2 aliphatic rings. The van der Waals surface area contributed by atoms with Gasteiger partial charge in [-0.3, -0.25) is 4.18 Å². The van der Waals surface area contributed by atoms with Gasteiger partial charge in [0.25, 0.3) is 10.1 Å². The summed E-state index contributed by atoms with van der Waals surface area (Å²) in [5, 5.41) is 0. The minimum Gasteiger partial charge on any atom is -0.368 e. The Morgan fingerprint density at radius 2 is 1.70 bits per heavy atom. The lowest BCUT2D eigenvalue weighted by molar-refractivity contribution is -0.221. The predicted molar refractivity (Wildman–Crippen MR) is 108 cm³/mol. The Hall–Kier alpha value is -1.81. The van der Waals surface area contributed by atoms with Crippen LogP contribution in [0.5, 0.6) is 0 Å². The van der Waals surface area contributed by atoms with Crippen molar-refractivity contribution in [3.63, 3.8) is 0 Å². The second-order valence-corrected chi connectivity index (χ2v) is 9.57. The molecular formula is C22H26O7S. The first-order valence-electron chi connectivity index (χ1n) is 9.86. The van der Waals surface area contributed by atoms with Gasteiger partial charge in [0.15, 0.2) is 12.1 Å². The van der Waals surface area contributed by atoms with Gasteiger partial charge in [-0.15, -0.1) is 0 Å². The van der Waals surface area contributed by atoms with Crippen molar-refractivity contribution in [1.29, 1.82) is 0 Å². The summed E-state index contributed by atoms with van der Waals surface area (Å²) in [6, 6.07) is 16.2. The van der Waals surface area contributed by atoms with Gasteiger partial charge in [-0.25, -0.2) is 0 Å². The van der Waals surface area contributed by atoms with E-state index in [0.29, 0.717) is 6.61 Å². The minimum absolute atomic E-state index is 0.0988. The zero-order valence-electron chi connectivity index (χ0n) is 17.2. The van der Waals surface area contributed by atoms with E-state index in [0.717, 1.165) is 11.1 Å². The standard InChI is InChI=1S/C22H26O7S/c1-15-9-11-17(12-10-15)30(23,24)26-14-18-19(25-13-16-7-5-4-6-8-16)20-21(27-18)29-22(2,3)28-20/h4-12,18-21H,13-14H2,1-3H3/t18-,19+,20-,21?/m1/s1. The van der Waals surface area contributed by atoms with Crippen LogP contribution in [0.3, 0.4) is 0 Å². The number of benzene rings is 2. The highest BCUT2D eigenvalue weighted by atomic mass is 32.2. The molecule has 0 radical (unpaired) electrons. The molecule has 1 unspecified atom stereocenters. The number of fused-ring (bicyclic) bond motifs is 1. The first kappa shape index (κ1) is 21.4. The van der Waals surface area contributed by atoms with E-state index in [2.05, 4.69) is 0 Å². The molecule has 0 N–H and O–H groups in total. The average Bonchev–Trinajstić information content (AvgIpc) is 3.17. The smallest absolute Gasteiger partial charge is 0.297 e. The average molecular weight is 435 g/mol. The third kappa shape index (κ3) is 4.74. The predicted octanol–water partition coefficient (Wildman–Crippen LogP) is 3.16. The molecule has 8 heteroatoms. The van der Waals surface area contributed by atoms with Crippen LogP contribution in [0.2, 0.25) is 0 Å². The van der Waals surface area contributed by atoms with Crippen molar-refractivity contribution in [2.24, 2.45) is 0 Å². The highest BCUT2D eigenvalue weighted by Gasteiger charge is 2.55. The number of aryl methyl sites for hydroxylation is 1. The van der Waals surface area contributed by atoms with Gasteiger partial charge in [-0.05, 0) is 38.5 Å². The van der Waals surface area contributed by atoms with Gasteiger partial charge in [0.2, 0.25) is 0 Å². The molecule has 0 aromatic heterocycles. The summed E-state index contributed by atoms with van der Waals surface area (Å²) in [5.74, 6) is -0.802. The lowest BCUT2D eigenvalue weighted by Crippen LogP contribution is -2.39. The molecule has 4 rings (SSSR count). The van der Waals surface area contributed by atoms with Gasteiger partial charge in [0, 0.05) is 0 Å². The summed E-state index contributed by atoms with van der Waals surface area (Å²) in [6.07, 6.45) is -2.30. The van der Waals surface area contributed by atoms with E-state index in [-0.39, 0.29) is 11.5 Å². The number of hydrogen-bond acceptors (Lipinski definition) is 7. The van der Waals surface area contributed by atoms with Gasteiger partial charge in [0.05, 0.1) is 18.1 Å². The van der Waals surface area contributed by atoms with E-state index >= 15 is 0 Å². The van der Waals surface area contributed by atoms with Crippen LogP contribution in [0.15, 0.2) is 59.5 Å². The first-order valence-corrected chi connectivity index (χ1v) is 11.3. The molecule has 2 saturated heterocycles. The van der Waals surface area contributed by atoms with Crippen LogP contribution in [0.25, 0.3) is 0 Å². The Bertz CT molecular complexity index is 957. The van der Waals surface area contributed by atoms with E-state index in [4.69, 9.17) is 23.1 Å². The normalized spacial score (nSPS) is 27.8. The number of ether oxygens (including phenoxy) is 4. The highest BCUT2D eigenvalue weighted by Crippen LogP contribution is 2.39. The van der Waals surface area contributed by atoms with Gasteiger partial charge in [0.1, 0.15) is 18.3 Å². The van der Waals surface area contributed by atoms with Crippen LogP contribution in [-0.2, 0) is 39.9 Å². The SMILES string of the molecule is Cc1ccc(S(=O)(=O)OC[C@H]2OC3OC(C)(C)O[C@@H]3[C@H]2OCc2ccccc2)cc1. The van der Waals surface area contributed by atoms with Gasteiger partial charge in [-0.1, -0.05) is 48.0 Å². The Kier molecular flexibility index (Phi) is 5.98. The van der Waals surface area contributed by atoms with Crippen molar-refractivity contribution in [1.82, 2.24) is 0 Å². The first-order chi connectivity index (χ1) is 14.2. The van der Waals surface area contributed by atoms with E-state index in [1.54, 1.807) is 26.0 Å². The molecule has 30 heavy (non-hydrogen) atoms. The van der Waals surface area contributed by atoms with Crippen LogP contribution in [0.1, 0.15) is 25.0 Å². The molecule has 7 nitrogen and oxygen atoms in total. The zero-order chi connectivity index (χ0) is 21.4. The molecule has 2 heterocycles. The third-order valence-corrected chi connectivity index (χ3v) is 6.37. The monoisotopic (exact) mass is 434 g/mol. The van der Waals surface area contributed by atoms with Crippen LogP contribution < -0.4 is 0 Å². The molecule has 0 bridgehead atoms. The Morgan fingerprint density at radius 1 is 1.00 bits per heavy atom. The second kappa shape index (κ2) is 8.37. The van der Waals surface area contributed by atoms with E-state index in [9.17, 15) is 8.42 Å². The summed E-state index contributed by atoms with van der Waals surface area (Å²) in [6.45, 7) is 5.63. The fourth-order valence-corrected chi connectivity index (χ4v) is 4.50. The topological polar surface area (TPSA) is 80.3 Å². The Balaban J connectivity index is 1.45. The lowest BCUT2D eigenvalue weighted by Gasteiger charge is -2.25. The van der Waals surface area contributed by atoms with E-state index < -0.39 is 40.5 Å². The summed E-state index contributed by atoms with van der Waals surface area (Å²) in [4.78, 5) is 0.0988. The van der Waals surface area contributed by atoms with Crippen molar-refractivity contribution in [2.75, 3.05) is 6.61 Å². The molecule has 2 aliphatic heterocycles. The minimum atomic E-state index is -3.92. The van der Waals surface area contributed by atoms with Gasteiger partial charge >= 0.3 is 0 Å². The Morgan fingerprint density at radius 3 is 2.40 bits per heavy atom. The largest absolute Gasteiger partial charge is 0.368 e. The highest BCUT2D eigenvalue weighted by molar-refractivity contribution is 7.86. The third-order valence-electron chi connectivity index (χ3n) is 5.07. The summed E-state index contributed by atoms with van der Waals surface area (Å²) in [5.41, 5.74) is 1.96. The summed E-state index contributed by atoms with van der Waals surface area (Å²) in [7, 11) is -3.92. The molecule has 4 atom stereocenters. The van der Waals surface area contributed by atoms with Crippen molar-refractivity contribution >= 4 is 10.1 Å². The number of hydrogen-bond donors (Lipinski definition) is 0. The van der Waals surface area contributed by atoms with Crippen molar-refractivity contribution in [3.05, 3.63) is 65.7 Å². The zero-order valence-corrected chi connectivity index (χ0v) is 18.0. The molecule has 2 aromatic carbocycles. The molecular weight excluding hydrogens is 408 g/mol. The van der Waals surface area contributed by atoms with Gasteiger partial charge < -0.3 is 18.9 Å². The maximum absolute atomic E-state index is 12.6. The van der Waals surface area contributed by atoms with E-state index in [1.807, 2.05) is 37.3 Å². The number of rotatable bonds is 7. The molecule has 0 saturated carbocycles. The summed E-state index contributed by atoms with van der Waals surface area (Å²) < 4.78 is 54.1. The van der Waals surface area contributed by atoms with Crippen molar-refractivity contribution in [3.8, 4) is 0 Å². The molecule has 2 fully saturated rings. The maximum Gasteiger partial charge on any atom is 0.297 e. The molecule has 0 spiro atoms. The van der Waals surface area contributed by atoms with Crippen LogP contribution >= 0.6 is 0 Å².